The van der Waals surface area contributed by atoms with Crippen LogP contribution in [0.3, 0.4) is 0 Å². The zero-order valence-electron chi connectivity index (χ0n) is 12.8. The van der Waals surface area contributed by atoms with Crippen LogP contribution >= 0.6 is 11.8 Å². The van der Waals surface area contributed by atoms with Crippen LogP contribution in [-0.4, -0.2) is 55.4 Å². The lowest BCUT2D eigenvalue weighted by atomic mass is 10.2. The fourth-order valence-electron chi connectivity index (χ4n) is 2.72. The Hall–Kier alpha value is -1.40. The quantitative estimate of drug-likeness (QED) is 0.856. The molecule has 120 valence electrons. The molecule has 1 fully saturated rings. The first kappa shape index (κ1) is 15.5. The average Bonchev–Trinajstić information content (AvgIpc) is 2.55. The molecule has 1 amide bonds. The number of carbonyl (C=O) groups is 1. The fourth-order valence-corrected chi connectivity index (χ4v) is 3.59. The topological polar surface area (TPSA) is 50.8 Å². The van der Waals surface area contributed by atoms with Gasteiger partial charge in [-0.2, -0.15) is 0 Å². The third-order valence-electron chi connectivity index (χ3n) is 3.92. The molecule has 0 saturated carbocycles. The van der Waals surface area contributed by atoms with Crippen molar-refractivity contribution in [3.8, 4) is 11.5 Å². The highest BCUT2D eigenvalue weighted by atomic mass is 32.2. The summed E-state index contributed by atoms with van der Waals surface area (Å²) in [5.74, 6) is 2.65. The van der Waals surface area contributed by atoms with Crippen molar-refractivity contribution in [1.29, 1.82) is 0 Å². The van der Waals surface area contributed by atoms with Crippen molar-refractivity contribution in [3.05, 3.63) is 18.2 Å². The maximum atomic E-state index is 12.3. The summed E-state index contributed by atoms with van der Waals surface area (Å²) in [5.41, 5.74) is 0. The molecule has 5 nitrogen and oxygen atoms in total. The number of thioether (sulfide) groups is 1. The zero-order chi connectivity index (χ0) is 15.4. The molecule has 1 aromatic carbocycles. The van der Waals surface area contributed by atoms with Crippen LogP contribution in [0.4, 0.5) is 0 Å². The molecule has 1 aromatic rings. The van der Waals surface area contributed by atoms with Crippen LogP contribution in [0.5, 0.6) is 11.5 Å². The van der Waals surface area contributed by atoms with Gasteiger partial charge in [0.05, 0.1) is 0 Å². The van der Waals surface area contributed by atoms with E-state index in [-0.39, 0.29) is 5.91 Å². The number of piperazine rings is 1. The van der Waals surface area contributed by atoms with E-state index < -0.39 is 0 Å². The molecule has 0 aliphatic carbocycles. The molecule has 1 saturated heterocycles. The Bertz CT molecular complexity index is 538. The number of hydrogen-bond donors (Lipinski definition) is 1. The standard InChI is InChI=1S/C16H22N2O3S/c1-12-11-17-5-6-18(12)16(19)4-9-22-13-2-3-14-15(10-13)21-8-7-20-14/h2-3,10,12,17H,4-9,11H2,1H3/t12-/m0/s1. The summed E-state index contributed by atoms with van der Waals surface area (Å²) in [4.78, 5) is 15.4. The van der Waals surface area contributed by atoms with E-state index in [4.69, 9.17) is 9.47 Å². The number of amides is 1. The van der Waals surface area contributed by atoms with E-state index in [1.54, 1.807) is 11.8 Å². The predicted molar refractivity (Wildman–Crippen MR) is 86.8 cm³/mol. The first-order chi connectivity index (χ1) is 10.7. The molecule has 2 aliphatic rings. The Morgan fingerprint density at radius 3 is 3.00 bits per heavy atom. The van der Waals surface area contributed by atoms with Crippen molar-refractivity contribution in [2.45, 2.75) is 24.3 Å². The van der Waals surface area contributed by atoms with Crippen LogP contribution in [0.2, 0.25) is 0 Å². The molecule has 0 aromatic heterocycles. The maximum absolute atomic E-state index is 12.3. The first-order valence-electron chi connectivity index (χ1n) is 7.76. The average molecular weight is 322 g/mol. The van der Waals surface area contributed by atoms with Gasteiger partial charge in [-0.3, -0.25) is 4.79 Å². The van der Waals surface area contributed by atoms with Crippen molar-refractivity contribution in [3.63, 3.8) is 0 Å². The van der Waals surface area contributed by atoms with Gasteiger partial charge in [-0.25, -0.2) is 0 Å². The van der Waals surface area contributed by atoms with Gasteiger partial charge in [0.25, 0.3) is 0 Å². The lowest BCUT2D eigenvalue weighted by Crippen LogP contribution is -2.52. The molecule has 1 N–H and O–H groups in total. The minimum atomic E-state index is 0.249. The Morgan fingerprint density at radius 1 is 1.36 bits per heavy atom. The lowest BCUT2D eigenvalue weighted by Gasteiger charge is -2.34. The summed E-state index contributed by atoms with van der Waals surface area (Å²) in [5, 5.41) is 3.31. The number of nitrogens with one attached hydrogen (secondary N) is 1. The van der Waals surface area contributed by atoms with Crippen molar-refractivity contribution in [1.82, 2.24) is 10.2 Å². The molecule has 0 bridgehead atoms. The number of nitrogens with zero attached hydrogens (tertiary/aromatic N) is 1. The first-order valence-corrected chi connectivity index (χ1v) is 8.75. The number of benzene rings is 1. The fraction of sp³-hybridized carbons (Fsp3) is 0.562. The van der Waals surface area contributed by atoms with E-state index >= 15 is 0 Å². The highest BCUT2D eigenvalue weighted by Gasteiger charge is 2.22. The van der Waals surface area contributed by atoms with Crippen LogP contribution in [-0.2, 0) is 4.79 Å². The second-order valence-corrected chi connectivity index (χ2v) is 6.71. The normalized spacial score (nSPS) is 20.8. The van der Waals surface area contributed by atoms with Crippen molar-refractivity contribution in [2.75, 3.05) is 38.6 Å². The smallest absolute Gasteiger partial charge is 0.223 e. The molecule has 0 radical (unpaired) electrons. The van der Waals surface area contributed by atoms with Gasteiger partial charge < -0.3 is 19.7 Å². The monoisotopic (exact) mass is 322 g/mol. The van der Waals surface area contributed by atoms with Crippen LogP contribution in [0.1, 0.15) is 13.3 Å². The molecule has 2 heterocycles. The molecule has 6 heteroatoms. The summed E-state index contributed by atoms with van der Waals surface area (Å²) in [6.45, 7) is 5.90. The van der Waals surface area contributed by atoms with Crippen LogP contribution in [0, 0.1) is 0 Å². The van der Waals surface area contributed by atoms with Gasteiger partial charge in [0.1, 0.15) is 13.2 Å². The van der Waals surface area contributed by atoms with E-state index in [1.165, 1.54) is 0 Å². The second kappa shape index (κ2) is 7.24. The summed E-state index contributed by atoms with van der Waals surface area (Å²) < 4.78 is 11.1. The number of hydrogen-bond acceptors (Lipinski definition) is 5. The highest BCUT2D eigenvalue weighted by Crippen LogP contribution is 2.34. The largest absolute Gasteiger partial charge is 0.486 e. The summed E-state index contributed by atoms with van der Waals surface area (Å²) in [6, 6.07) is 6.25. The highest BCUT2D eigenvalue weighted by molar-refractivity contribution is 7.99. The SMILES string of the molecule is C[C@H]1CNCCN1C(=O)CCSc1ccc2c(c1)OCCO2. The minimum Gasteiger partial charge on any atom is -0.486 e. The van der Waals surface area contributed by atoms with Crippen LogP contribution < -0.4 is 14.8 Å². The Morgan fingerprint density at radius 2 is 2.18 bits per heavy atom. The van der Waals surface area contributed by atoms with Crippen LogP contribution in [0.25, 0.3) is 0 Å². The van der Waals surface area contributed by atoms with Gasteiger partial charge in [0, 0.05) is 42.7 Å². The summed E-state index contributed by atoms with van der Waals surface area (Å²) >= 11 is 1.69. The number of carbonyl (C=O) groups excluding carboxylic acids is 1. The van der Waals surface area contributed by atoms with Crippen LogP contribution in [0.15, 0.2) is 23.1 Å². The maximum Gasteiger partial charge on any atom is 0.223 e. The van der Waals surface area contributed by atoms with Gasteiger partial charge in [-0.1, -0.05) is 0 Å². The number of ether oxygens (including phenoxy) is 2. The third kappa shape index (κ3) is 3.67. The summed E-state index contributed by atoms with van der Waals surface area (Å²) in [6.07, 6.45) is 0.573. The van der Waals surface area contributed by atoms with E-state index in [0.717, 1.165) is 41.8 Å². The predicted octanol–water partition coefficient (Wildman–Crippen LogP) is 1.76. The molecular weight excluding hydrogens is 300 g/mol. The third-order valence-corrected chi connectivity index (χ3v) is 4.92. The zero-order valence-corrected chi connectivity index (χ0v) is 13.7. The number of rotatable bonds is 4. The molecule has 22 heavy (non-hydrogen) atoms. The van der Waals surface area contributed by atoms with Crippen molar-refractivity contribution < 1.29 is 14.3 Å². The van der Waals surface area contributed by atoms with Crippen molar-refractivity contribution >= 4 is 17.7 Å². The van der Waals surface area contributed by atoms with E-state index in [2.05, 4.69) is 12.2 Å². The van der Waals surface area contributed by atoms with E-state index in [1.807, 2.05) is 23.1 Å². The molecule has 0 spiro atoms. The molecule has 1 atom stereocenters. The minimum absolute atomic E-state index is 0.249. The molecule has 0 unspecified atom stereocenters. The summed E-state index contributed by atoms with van der Waals surface area (Å²) in [7, 11) is 0. The van der Waals surface area contributed by atoms with Gasteiger partial charge >= 0.3 is 0 Å². The van der Waals surface area contributed by atoms with Gasteiger partial charge in [-0.05, 0) is 25.1 Å². The Kier molecular flexibility index (Phi) is 5.10. The van der Waals surface area contributed by atoms with E-state index in [0.29, 0.717) is 25.7 Å². The van der Waals surface area contributed by atoms with Crippen molar-refractivity contribution in [2.24, 2.45) is 0 Å². The Balaban J connectivity index is 1.49. The van der Waals surface area contributed by atoms with Gasteiger partial charge in [-0.15, -0.1) is 11.8 Å². The molecule has 2 aliphatic heterocycles. The number of fused-ring (bicyclic) bond motifs is 1. The molecule has 3 rings (SSSR count). The second-order valence-electron chi connectivity index (χ2n) is 5.54. The molecular formula is C16H22N2O3S. The van der Waals surface area contributed by atoms with Gasteiger partial charge in [0.2, 0.25) is 5.91 Å². The van der Waals surface area contributed by atoms with Gasteiger partial charge in [0.15, 0.2) is 11.5 Å². The lowest BCUT2D eigenvalue weighted by molar-refractivity contribution is -0.133. The van der Waals surface area contributed by atoms with E-state index in [9.17, 15) is 4.79 Å². The Labute approximate surface area is 135 Å².